The highest BCUT2D eigenvalue weighted by atomic mass is 17.3. The largest absolute Gasteiger partial charge is 0.519 e. The molecule has 2 spiro atoms. The molecule has 0 radical (unpaired) electrons. The van der Waals surface area contributed by atoms with Gasteiger partial charge in [-0.25, -0.2) is 4.79 Å². The Labute approximate surface area is 220 Å². The molecule has 200 valence electrons. The van der Waals surface area contributed by atoms with Crippen molar-refractivity contribution in [3.63, 3.8) is 0 Å². The molecule has 6 fully saturated rings. The van der Waals surface area contributed by atoms with Gasteiger partial charge < -0.3 is 14.2 Å². The number of nitro benzene ring substituents is 1. The van der Waals surface area contributed by atoms with Gasteiger partial charge in [0.1, 0.15) is 11.5 Å². The topological polar surface area (TPSA) is 106 Å². The van der Waals surface area contributed by atoms with Crippen molar-refractivity contribution >= 4 is 11.8 Å². The van der Waals surface area contributed by atoms with E-state index >= 15 is 0 Å². The molecule has 1 unspecified atom stereocenters. The number of nitrogens with zero attached hydrogens (tertiary/aromatic N) is 1. The Hall–Kier alpha value is -3.01. The number of ether oxygens (including phenoxy) is 3. The van der Waals surface area contributed by atoms with Crippen LogP contribution in [0, 0.1) is 33.8 Å². The minimum absolute atomic E-state index is 0.0847. The quantitative estimate of drug-likeness (QED) is 0.145. The summed E-state index contributed by atoms with van der Waals surface area (Å²) in [5.41, 5.74) is 0.960. The second kappa shape index (κ2) is 9.03. The number of hydrogen-bond donors (Lipinski definition) is 0. The van der Waals surface area contributed by atoms with Gasteiger partial charge in [0.2, 0.25) is 11.6 Å². The van der Waals surface area contributed by atoms with E-state index in [2.05, 4.69) is 0 Å². The summed E-state index contributed by atoms with van der Waals surface area (Å²) in [5.74, 6) is 1.90. The normalized spacial score (nSPS) is 37.0. The van der Waals surface area contributed by atoms with Crippen molar-refractivity contribution in [2.45, 2.75) is 75.3 Å². The second-order valence-corrected chi connectivity index (χ2v) is 11.8. The van der Waals surface area contributed by atoms with E-state index in [0.717, 1.165) is 36.7 Å². The highest BCUT2D eigenvalue weighted by Crippen LogP contribution is 2.64. The van der Waals surface area contributed by atoms with Crippen LogP contribution in [0.1, 0.15) is 69.3 Å². The summed E-state index contributed by atoms with van der Waals surface area (Å²) >= 11 is 0. The fourth-order valence-electron chi connectivity index (χ4n) is 7.94. The van der Waals surface area contributed by atoms with Crippen molar-refractivity contribution in [1.82, 2.24) is 0 Å². The van der Waals surface area contributed by atoms with Crippen LogP contribution in [0.4, 0.5) is 10.5 Å². The van der Waals surface area contributed by atoms with Crippen LogP contribution in [0.25, 0.3) is 0 Å². The molecular weight excluding hydrogens is 490 g/mol. The number of carbonyl (C=O) groups excluding carboxylic acids is 1. The average Bonchev–Trinajstić information content (AvgIpc) is 3.26. The highest BCUT2D eigenvalue weighted by molar-refractivity contribution is 5.67. The zero-order valence-corrected chi connectivity index (χ0v) is 21.1. The predicted octanol–water partition coefficient (Wildman–Crippen LogP) is 6.66. The van der Waals surface area contributed by atoms with Gasteiger partial charge >= 0.3 is 6.16 Å². The smallest absolute Gasteiger partial charge is 0.395 e. The van der Waals surface area contributed by atoms with E-state index in [1.807, 2.05) is 18.2 Å². The van der Waals surface area contributed by atoms with Gasteiger partial charge in [-0.3, -0.25) is 10.1 Å². The van der Waals surface area contributed by atoms with Crippen molar-refractivity contribution < 1.29 is 33.7 Å². The van der Waals surface area contributed by atoms with Gasteiger partial charge in [-0.05, 0) is 92.5 Å². The van der Waals surface area contributed by atoms with Crippen LogP contribution < -0.4 is 9.47 Å². The first-order valence-corrected chi connectivity index (χ1v) is 13.7. The Balaban J connectivity index is 1.02. The monoisotopic (exact) mass is 521 g/mol. The molecule has 0 aromatic heterocycles. The van der Waals surface area contributed by atoms with Crippen LogP contribution in [0.5, 0.6) is 11.5 Å². The maximum absolute atomic E-state index is 12.4. The van der Waals surface area contributed by atoms with Crippen LogP contribution in [-0.2, 0) is 14.5 Å². The van der Waals surface area contributed by atoms with E-state index in [-0.39, 0.29) is 17.4 Å². The van der Waals surface area contributed by atoms with Crippen molar-refractivity contribution in [3.8, 4) is 11.5 Å². The zero-order valence-electron chi connectivity index (χ0n) is 21.1. The summed E-state index contributed by atoms with van der Waals surface area (Å²) in [6.07, 6.45) is 8.65. The van der Waals surface area contributed by atoms with Crippen LogP contribution >= 0.6 is 0 Å². The first kappa shape index (κ1) is 24.1. The van der Waals surface area contributed by atoms with E-state index in [4.69, 9.17) is 24.0 Å². The van der Waals surface area contributed by atoms with E-state index < -0.39 is 22.7 Å². The fourth-order valence-corrected chi connectivity index (χ4v) is 7.94. The van der Waals surface area contributed by atoms with E-state index in [0.29, 0.717) is 24.0 Å². The average molecular weight is 522 g/mol. The second-order valence-electron chi connectivity index (χ2n) is 11.8. The van der Waals surface area contributed by atoms with Crippen molar-refractivity contribution in [1.29, 1.82) is 0 Å². The first-order chi connectivity index (χ1) is 18.4. The van der Waals surface area contributed by atoms with Gasteiger partial charge in [0, 0.05) is 36.8 Å². The van der Waals surface area contributed by atoms with Crippen LogP contribution in [-0.4, -0.2) is 22.7 Å². The summed E-state index contributed by atoms with van der Waals surface area (Å²) in [4.78, 5) is 35.0. The molecular formula is C29H31NO8. The summed E-state index contributed by atoms with van der Waals surface area (Å²) < 4.78 is 17.5. The molecule has 0 amide bonds. The summed E-state index contributed by atoms with van der Waals surface area (Å²) in [7, 11) is 0. The van der Waals surface area contributed by atoms with Crippen LogP contribution in [0.15, 0.2) is 48.5 Å². The Morgan fingerprint density at radius 3 is 2.34 bits per heavy atom. The third kappa shape index (κ3) is 4.17. The molecule has 2 aromatic rings. The molecule has 8 rings (SSSR count). The van der Waals surface area contributed by atoms with Crippen molar-refractivity contribution in [2.24, 2.45) is 23.7 Å². The fraction of sp³-hybridized carbons (Fsp3) is 0.552. The lowest BCUT2D eigenvalue weighted by Crippen LogP contribution is -2.59. The molecule has 5 aliphatic carbocycles. The number of benzene rings is 2. The van der Waals surface area contributed by atoms with Crippen LogP contribution in [0.3, 0.4) is 0 Å². The lowest BCUT2D eigenvalue weighted by molar-refractivity contribution is -0.390. The first-order valence-electron chi connectivity index (χ1n) is 13.7. The number of nitro groups is 1. The molecule has 9 heteroatoms. The van der Waals surface area contributed by atoms with Gasteiger partial charge in [-0.1, -0.05) is 12.1 Å². The van der Waals surface area contributed by atoms with Gasteiger partial charge in [-0.2, -0.15) is 9.78 Å². The Morgan fingerprint density at radius 2 is 1.63 bits per heavy atom. The summed E-state index contributed by atoms with van der Waals surface area (Å²) in [6.45, 7) is 0. The van der Waals surface area contributed by atoms with E-state index in [1.165, 1.54) is 56.4 Å². The molecule has 1 aliphatic heterocycles. The number of carbonyl (C=O) groups is 1. The molecule has 2 aromatic carbocycles. The van der Waals surface area contributed by atoms with Gasteiger partial charge in [0.15, 0.2) is 0 Å². The van der Waals surface area contributed by atoms with E-state index in [9.17, 15) is 14.9 Å². The molecule has 1 heterocycles. The number of hydrogen-bond acceptors (Lipinski definition) is 8. The molecule has 5 saturated carbocycles. The van der Waals surface area contributed by atoms with Crippen molar-refractivity contribution in [2.75, 3.05) is 0 Å². The third-order valence-corrected chi connectivity index (χ3v) is 9.39. The molecule has 4 bridgehead atoms. The minimum atomic E-state index is -0.907. The molecule has 1 saturated heterocycles. The molecule has 9 nitrogen and oxygen atoms in total. The highest BCUT2D eigenvalue weighted by Gasteiger charge is 2.67. The Morgan fingerprint density at radius 1 is 0.921 bits per heavy atom. The molecule has 0 N–H and O–H groups in total. The SMILES string of the molecule is O=C(Oc1ccc([N+](=O)[O-])cc1)Oc1cccc(C2CCC[C@]3(C2)OOC2(O3)C3CC4CC(C3)CC2C4)c1. The predicted molar refractivity (Wildman–Crippen MR) is 133 cm³/mol. The summed E-state index contributed by atoms with van der Waals surface area (Å²) in [6, 6.07) is 12.7. The lowest BCUT2D eigenvalue weighted by atomic mass is 9.53. The Bertz CT molecular complexity index is 1220. The van der Waals surface area contributed by atoms with Crippen LogP contribution in [0.2, 0.25) is 0 Å². The lowest BCUT2D eigenvalue weighted by Gasteiger charge is -2.57. The van der Waals surface area contributed by atoms with Gasteiger partial charge in [0.25, 0.3) is 5.69 Å². The van der Waals surface area contributed by atoms with Gasteiger partial charge in [-0.15, -0.1) is 0 Å². The number of rotatable bonds is 4. The third-order valence-electron chi connectivity index (χ3n) is 9.39. The minimum Gasteiger partial charge on any atom is -0.395 e. The summed E-state index contributed by atoms with van der Waals surface area (Å²) in [5, 5.41) is 10.8. The molecule has 38 heavy (non-hydrogen) atoms. The van der Waals surface area contributed by atoms with Crippen molar-refractivity contribution in [3.05, 3.63) is 64.2 Å². The van der Waals surface area contributed by atoms with E-state index in [1.54, 1.807) is 6.07 Å². The number of non-ortho nitro benzene ring substituents is 1. The van der Waals surface area contributed by atoms with Gasteiger partial charge in [0.05, 0.1) is 4.92 Å². The Kier molecular flexibility index (Phi) is 5.72. The zero-order chi connectivity index (χ0) is 25.9. The maximum atomic E-state index is 12.4. The standard InChI is InChI=1S/C29H31NO8/c31-27(34-25-8-6-24(7-9-25)30(32)33)35-26-5-1-3-20(16-26)21-4-2-10-28(17-21)36-29(38-37-28)22-12-18-11-19(14-22)15-23(29)13-18/h1,3,5-9,16,18-19,21-23H,2,4,10-15,17H2/t18?,19?,21?,22?,23?,28-,29?/m1/s1. The molecule has 2 atom stereocenters. The molecule has 6 aliphatic rings. The maximum Gasteiger partial charge on any atom is 0.519 e.